The van der Waals surface area contributed by atoms with Crippen molar-refractivity contribution < 1.29 is 35.8 Å². The van der Waals surface area contributed by atoms with Crippen LogP contribution in [-0.2, 0) is 9.47 Å². The fraction of sp³-hybridized carbons (Fsp3) is 0.643. The average molecular weight is 390 g/mol. The second-order valence-corrected chi connectivity index (χ2v) is 5.40. The Morgan fingerprint density at radius 3 is 2.38 bits per heavy atom. The van der Waals surface area contributed by atoms with E-state index >= 15 is 0 Å². The van der Waals surface area contributed by atoms with Crippen LogP contribution in [-0.4, -0.2) is 50.4 Å². The smallest absolute Gasteiger partial charge is 0.422 e. The van der Waals surface area contributed by atoms with Gasteiger partial charge in [0.1, 0.15) is 0 Å². The molecule has 0 spiro atoms. The number of ether oxygens (including phenoxy) is 2. The molecule has 0 amide bonds. The summed E-state index contributed by atoms with van der Waals surface area (Å²) in [6, 6.07) is 0. The van der Waals surface area contributed by atoms with E-state index in [0.29, 0.717) is 11.1 Å². The zero-order valence-corrected chi connectivity index (χ0v) is 14.2. The summed E-state index contributed by atoms with van der Waals surface area (Å²) in [5.74, 6) is -3.03. The number of hydrogen-bond donors (Lipinski definition) is 2. The lowest BCUT2D eigenvalue weighted by molar-refractivity contribution is -0.188. The second kappa shape index (κ2) is 9.12. The first-order chi connectivity index (χ1) is 12.0. The number of nitrogens with one attached hydrogen (secondary N) is 2. The highest BCUT2D eigenvalue weighted by molar-refractivity contribution is 5.87. The predicted octanol–water partition coefficient (Wildman–Crippen LogP) is 2.88. The van der Waals surface area contributed by atoms with E-state index in [2.05, 4.69) is 21.0 Å². The molecule has 0 aromatic rings. The maximum Gasteiger partial charge on any atom is 0.422 e. The Kier molecular flexibility index (Phi) is 7.75. The van der Waals surface area contributed by atoms with Crippen LogP contribution in [0.15, 0.2) is 29.4 Å². The fourth-order valence-electron chi connectivity index (χ4n) is 1.59. The molecule has 1 fully saturated rings. The Hall–Kier alpha value is -1.95. The van der Waals surface area contributed by atoms with Gasteiger partial charge in [0.15, 0.2) is 12.4 Å². The number of aliphatic imine (C=N–C) groups is 1. The lowest BCUT2D eigenvalue weighted by Gasteiger charge is -2.26. The molecule has 0 saturated heterocycles. The largest absolute Gasteiger partial charge is 0.466 e. The topological polar surface area (TPSA) is 58.1 Å². The number of nitrogens with zero attached hydrogens (tertiary/aromatic N) is 2. The minimum Gasteiger partial charge on any atom is -0.466 e. The SMILES string of the molecule is C=C/C(F)=C(/OCC(F)(F)F)N(C)NNC(=NC)C(F)(F)OCC1CC1. The quantitative estimate of drug-likeness (QED) is 0.150. The maximum absolute atomic E-state index is 13.9. The summed E-state index contributed by atoms with van der Waals surface area (Å²) in [7, 11) is 2.10. The van der Waals surface area contributed by atoms with E-state index in [1.165, 1.54) is 0 Å². The number of amidine groups is 1. The van der Waals surface area contributed by atoms with Crippen LogP contribution in [0, 0.1) is 5.92 Å². The molecule has 0 atom stereocenters. The minimum atomic E-state index is -4.72. The molecule has 0 aliphatic heterocycles. The third-order valence-electron chi connectivity index (χ3n) is 3.10. The Labute approximate surface area is 146 Å². The highest BCUT2D eigenvalue weighted by Gasteiger charge is 2.40. The van der Waals surface area contributed by atoms with Gasteiger partial charge >= 0.3 is 12.3 Å². The van der Waals surface area contributed by atoms with Crippen molar-refractivity contribution in [3.63, 3.8) is 0 Å². The van der Waals surface area contributed by atoms with Crippen molar-refractivity contribution in [1.82, 2.24) is 16.0 Å². The summed E-state index contributed by atoms with van der Waals surface area (Å²) in [6.07, 6.45) is -6.28. The molecular weight excluding hydrogens is 370 g/mol. The van der Waals surface area contributed by atoms with Gasteiger partial charge in [0.05, 0.1) is 6.61 Å². The molecule has 1 aliphatic rings. The lowest BCUT2D eigenvalue weighted by atomic mass is 10.4. The number of rotatable bonds is 10. The van der Waals surface area contributed by atoms with Gasteiger partial charge in [0.25, 0.3) is 0 Å². The first kappa shape index (κ1) is 22.1. The Morgan fingerprint density at radius 1 is 1.31 bits per heavy atom. The standard InChI is InChI=1S/C14H20F6N4O2/c1-4-10(15)11(25-8-13(16,17)18)24(3)23-22-12(21-2)14(19,20)26-7-9-5-6-9/h4,9,23H,1,5-8H2,2-3H3,(H,21,22)/b11-10-. The molecule has 1 saturated carbocycles. The molecule has 12 heteroatoms. The number of allylic oxidation sites excluding steroid dienone is 2. The molecule has 1 rings (SSSR count). The number of alkyl halides is 5. The van der Waals surface area contributed by atoms with Crippen molar-refractivity contribution in [3.05, 3.63) is 24.4 Å². The second-order valence-electron chi connectivity index (χ2n) is 5.40. The molecule has 0 aromatic heterocycles. The molecule has 6 nitrogen and oxygen atoms in total. The first-order valence-electron chi connectivity index (χ1n) is 7.46. The van der Waals surface area contributed by atoms with Crippen LogP contribution in [0.5, 0.6) is 0 Å². The van der Waals surface area contributed by atoms with Gasteiger partial charge in [-0.25, -0.2) is 4.39 Å². The van der Waals surface area contributed by atoms with Crippen LogP contribution in [0.3, 0.4) is 0 Å². The van der Waals surface area contributed by atoms with Gasteiger partial charge in [-0.15, -0.1) is 5.53 Å². The van der Waals surface area contributed by atoms with Crippen LogP contribution in [0.25, 0.3) is 0 Å². The van der Waals surface area contributed by atoms with Gasteiger partial charge in [-0.3, -0.25) is 15.4 Å². The van der Waals surface area contributed by atoms with Crippen molar-refractivity contribution in [2.24, 2.45) is 10.9 Å². The summed E-state index contributed by atoms with van der Waals surface area (Å²) >= 11 is 0. The number of halogens is 6. The van der Waals surface area contributed by atoms with E-state index in [1.54, 1.807) is 0 Å². The first-order valence-corrected chi connectivity index (χ1v) is 7.46. The van der Waals surface area contributed by atoms with Crippen LogP contribution >= 0.6 is 0 Å². The fourth-order valence-corrected chi connectivity index (χ4v) is 1.59. The van der Waals surface area contributed by atoms with Gasteiger partial charge in [-0.05, 0) is 24.8 Å². The van der Waals surface area contributed by atoms with E-state index in [0.717, 1.165) is 26.9 Å². The van der Waals surface area contributed by atoms with Crippen molar-refractivity contribution in [2.75, 3.05) is 27.3 Å². The van der Waals surface area contributed by atoms with Crippen molar-refractivity contribution >= 4 is 5.84 Å². The summed E-state index contributed by atoms with van der Waals surface area (Å²) in [5.41, 5.74) is 4.01. The monoisotopic (exact) mass is 390 g/mol. The Balaban J connectivity index is 2.68. The summed E-state index contributed by atoms with van der Waals surface area (Å²) in [4.78, 5) is 3.33. The van der Waals surface area contributed by atoms with Gasteiger partial charge in [0.2, 0.25) is 11.7 Å². The van der Waals surface area contributed by atoms with E-state index < -0.39 is 36.4 Å². The molecular formula is C14H20F6N4O2. The molecule has 2 N–H and O–H groups in total. The zero-order valence-electron chi connectivity index (χ0n) is 14.2. The summed E-state index contributed by atoms with van der Waals surface area (Å²) < 4.78 is 87.0. The molecule has 0 heterocycles. The van der Waals surface area contributed by atoms with Gasteiger partial charge < -0.3 is 9.47 Å². The normalized spacial score (nSPS) is 16.8. The molecule has 0 bridgehead atoms. The Bertz CT molecular complexity index is 546. The van der Waals surface area contributed by atoms with Gasteiger partial charge in [0, 0.05) is 14.1 Å². The van der Waals surface area contributed by atoms with Crippen LogP contribution < -0.4 is 11.0 Å². The molecule has 26 heavy (non-hydrogen) atoms. The van der Waals surface area contributed by atoms with Crippen molar-refractivity contribution in [3.8, 4) is 0 Å². The van der Waals surface area contributed by atoms with E-state index in [4.69, 9.17) is 0 Å². The maximum atomic E-state index is 13.9. The third-order valence-corrected chi connectivity index (χ3v) is 3.10. The molecule has 0 unspecified atom stereocenters. The lowest BCUT2D eigenvalue weighted by Crippen LogP contribution is -2.54. The Morgan fingerprint density at radius 2 is 1.92 bits per heavy atom. The number of hydrogen-bond acceptors (Lipinski definition) is 5. The van der Waals surface area contributed by atoms with Crippen molar-refractivity contribution in [2.45, 2.75) is 25.1 Å². The van der Waals surface area contributed by atoms with Crippen LogP contribution in [0.4, 0.5) is 26.3 Å². The summed E-state index contributed by atoms with van der Waals surface area (Å²) in [6.45, 7) is 1.13. The average Bonchev–Trinajstić information content (AvgIpc) is 3.36. The molecule has 0 radical (unpaired) electrons. The van der Waals surface area contributed by atoms with Gasteiger partial charge in [-0.2, -0.15) is 22.0 Å². The van der Waals surface area contributed by atoms with E-state index in [9.17, 15) is 26.3 Å². The third kappa shape index (κ3) is 7.52. The molecule has 0 aromatic carbocycles. The predicted molar refractivity (Wildman–Crippen MR) is 81.4 cm³/mol. The van der Waals surface area contributed by atoms with Crippen LogP contribution in [0.1, 0.15) is 12.8 Å². The number of hydrazine groups is 2. The highest BCUT2D eigenvalue weighted by atomic mass is 19.4. The van der Waals surface area contributed by atoms with E-state index in [-0.39, 0.29) is 12.5 Å². The van der Waals surface area contributed by atoms with Crippen LogP contribution in [0.2, 0.25) is 0 Å². The van der Waals surface area contributed by atoms with Gasteiger partial charge in [-0.1, -0.05) is 6.58 Å². The minimum absolute atomic E-state index is 0.0709. The molecule has 150 valence electrons. The van der Waals surface area contributed by atoms with E-state index in [1.807, 2.05) is 11.0 Å². The zero-order chi connectivity index (χ0) is 20.0. The summed E-state index contributed by atoms with van der Waals surface area (Å²) in [5, 5.41) is 0.588. The van der Waals surface area contributed by atoms with Crippen molar-refractivity contribution in [1.29, 1.82) is 0 Å². The highest BCUT2D eigenvalue weighted by Crippen LogP contribution is 2.31. The molecule has 1 aliphatic carbocycles.